The van der Waals surface area contributed by atoms with Crippen LogP contribution in [0.15, 0.2) is 24.3 Å². The largest absolute Gasteiger partial charge is 0.316 e. The Balaban J connectivity index is 2.52. The molecule has 0 spiro atoms. The Bertz CT molecular complexity index is 335. The van der Waals surface area contributed by atoms with Gasteiger partial charge in [-0.3, -0.25) is 0 Å². The predicted octanol–water partition coefficient (Wildman–Crippen LogP) is 3.81. The Morgan fingerprint density at radius 2 is 1.71 bits per heavy atom. The zero-order chi connectivity index (χ0) is 12.8. The van der Waals surface area contributed by atoms with Crippen LogP contribution >= 0.6 is 0 Å². The minimum absolute atomic E-state index is 0.0873. The molecule has 1 N–H and O–H groups in total. The molecule has 1 rings (SSSR count). The first kappa shape index (κ1) is 14.2. The molecule has 2 heteroatoms. The van der Waals surface area contributed by atoms with Gasteiger partial charge in [0.2, 0.25) is 0 Å². The summed E-state index contributed by atoms with van der Waals surface area (Å²) < 4.78 is 13.6. The Labute approximate surface area is 104 Å². The Morgan fingerprint density at radius 1 is 1.06 bits per heavy atom. The maximum atomic E-state index is 13.6. The topological polar surface area (TPSA) is 12.0 Å². The van der Waals surface area contributed by atoms with Gasteiger partial charge in [0.05, 0.1) is 0 Å². The van der Waals surface area contributed by atoms with Crippen LogP contribution in [0.1, 0.15) is 39.2 Å². The molecule has 0 aliphatic heterocycles. The molecule has 0 aliphatic rings. The molecule has 0 radical (unpaired) electrons. The van der Waals surface area contributed by atoms with Gasteiger partial charge in [-0.2, -0.15) is 0 Å². The number of hydrogen-bond acceptors (Lipinski definition) is 1. The van der Waals surface area contributed by atoms with E-state index >= 15 is 0 Å². The Morgan fingerprint density at radius 3 is 2.29 bits per heavy atom. The minimum atomic E-state index is -0.0873. The van der Waals surface area contributed by atoms with Gasteiger partial charge in [0, 0.05) is 0 Å². The summed E-state index contributed by atoms with van der Waals surface area (Å²) in [5.74, 6) is 1.25. The highest BCUT2D eigenvalue weighted by Crippen LogP contribution is 2.25. The zero-order valence-electron chi connectivity index (χ0n) is 11.3. The van der Waals surface area contributed by atoms with Crippen LogP contribution < -0.4 is 5.32 Å². The number of nitrogens with one attached hydrogen (secondary N) is 1. The molecule has 0 aliphatic carbocycles. The first-order valence-electron chi connectivity index (χ1n) is 6.47. The maximum Gasteiger partial charge on any atom is 0.126 e. The van der Waals surface area contributed by atoms with Crippen LogP contribution in [-0.4, -0.2) is 13.1 Å². The second kappa shape index (κ2) is 6.75. The second-order valence-electron chi connectivity index (χ2n) is 5.34. The van der Waals surface area contributed by atoms with Crippen molar-refractivity contribution in [3.8, 4) is 0 Å². The van der Waals surface area contributed by atoms with Crippen molar-refractivity contribution in [1.29, 1.82) is 0 Å². The standard InChI is InChI=1S/C15H24FN/c1-11(2)9-17-10-12(3)13(4)14-7-5-6-8-15(14)16/h5-8,11-13,17H,9-10H2,1-4H3. The SMILES string of the molecule is CC(C)CNCC(C)C(C)c1ccccc1F. The van der Waals surface area contributed by atoms with Gasteiger partial charge in [-0.15, -0.1) is 0 Å². The predicted molar refractivity (Wildman–Crippen MR) is 71.7 cm³/mol. The van der Waals surface area contributed by atoms with E-state index < -0.39 is 0 Å². The summed E-state index contributed by atoms with van der Waals surface area (Å²) in [6, 6.07) is 7.08. The van der Waals surface area contributed by atoms with Gasteiger partial charge < -0.3 is 5.32 Å². The highest BCUT2D eigenvalue weighted by Gasteiger charge is 2.17. The van der Waals surface area contributed by atoms with Gasteiger partial charge in [-0.25, -0.2) is 4.39 Å². The number of rotatable bonds is 6. The second-order valence-corrected chi connectivity index (χ2v) is 5.34. The first-order valence-corrected chi connectivity index (χ1v) is 6.47. The summed E-state index contributed by atoms with van der Waals surface area (Å²) in [5, 5.41) is 3.43. The van der Waals surface area contributed by atoms with Gasteiger partial charge in [0.25, 0.3) is 0 Å². The van der Waals surface area contributed by atoms with Crippen molar-refractivity contribution in [1.82, 2.24) is 5.32 Å². The van der Waals surface area contributed by atoms with E-state index in [0.29, 0.717) is 11.8 Å². The molecule has 0 fully saturated rings. The van der Waals surface area contributed by atoms with Gasteiger partial charge in [0.15, 0.2) is 0 Å². The summed E-state index contributed by atoms with van der Waals surface area (Å²) in [6.07, 6.45) is 0. The van der Waals surface area contributed by atoms with E-state index in [1.807, 2.05) is 12.1 Å². The molecule has 1 aromatic rings. The van der Waals surface area contributed by atoms with Crippen molar-refractivity contribution in [2.24, 2.45) is 11.8 Å². The van der Waals surface area contributed by atoms with E-state index in [1.165, 1.54) is 0 Å². The lowest BCUT2D eigenvalue weighted by Gasteiger charge is -2.21. The molecule has 96 valence electrons. The van der Waals surface area contributed by atoms with Crippen LogP contribution in [-0.2, 0) is 0 Å². The molecule has 2 unspecified atom stereocenters. The van der Waals surface area contributed by atoms with Crippen LogP contribution in [0, 0.1) is 17.7 Å². The third-order valence-electron chi connectivity index (χ3n) is 3.27. The van der Waals surface area contributed by atoms with Gasteiger partial charge in [-0.05, 0) is 42.5 Å². The molecule has 1 aromatic carbocycles. The molecule has 1 nitrogen and oxygen atoms in total. The van der Waals surface area contributed by atoms with Crippen LogP contribution in [0.3, 0.4) is 0 Å². The van der Waals surface area contributed by atoms with Crippen molar-refractivity contribution < 1.29 is 4.39 Å². The smallest absolute Gasteiger partial charge is 0.126 e. The molecule has 0 saturated carbocycles. The fourth-order valence-corrected chi connectivity index (χ4v) is 1.93. The lowest BCUT2D eigenvalue weighted by atomic mass is 9.88. The molecule has 0 aromatic heterocycles. The fourth-order valence-electron chi connectivity index (χ4n) is 1.93. The van der Waals surface area contributed by atoms with E-state index in [-0.39, 0.29) is 11.7 Å². The van der Waals surface area contributed by atoms with Crippen molar-refractivity contribution in [2.45, 2.75) is 33.6 Å². The number of benzene rings is 1. The van der Waals surface area contributed by atoms with Crippen LogP contribution in [0.25, 0.3) is 0 Å². The lowest BCUT2D eigenvalue weighted by molar-refractivity contribution is 0.419. The van der Waals surface area contributed by atoms with Crippen molar-refractivity contribution >= 4 is 0 Å². The third-order valence-corrected chi connectivity index (χ3v) is 3.27. The number of hydrogen-bond donors (Lipinski definition) is 1. The maximum absolute atomic E-state index is 13.6. The average molecular weight is 237 g/mol. The lowest BCUT2D eigenvalue weighted by Crippen LogP contribution is -2.27. The highest BCUT2D eigenvalue weighted by atomic mass is 19.1. The Hall–Kier alpha value is -0.890. The summed E-state index contributed by atoms with van der Waals surface area (Å²) in [4.78, 5) is 0. The van der Waals surface area contributed by atoms with Crippen molar-refractivity contribution in [2.75, 3.05) is 13.1 Å². The van der Waals surface area contributed by atoms with Gasteiger partial charge in [-0.1, -0.05) is 45.9 Å². The molecule has 0 saturated heterocycles. The van der Waals surface area contributed by atoms with Crippen LogP contribution in [0.4, 0.5) is 4.39 Å². The average Bonchev–Trinajstić information content (AvgIpc) is 2.28. The molecular formula is C15H24FN. The van der Waals surface area contributed by atoms with E-state index in [0.717, 1.165) is 18.7 Å². The summed E-state index contributed by atoms with van der Waals surface area (Å²) in [6.45, 7) is 10.6. The fraction of sp³-hybridized carbons (Fsp3) is 0.600. The summed E-state index contributed by atoms with van der Waals surface area (Å²) in [7, 11) is 0. The number of halogens is 1. The zero-order valence-corrected chi connectivity index (χ0v) is 11.3. The quantitative estimate of drug-likeness (QED) is 0.793. The van der Waals surface area contributed by atoms with Crippen LogP contribution in [0.2, 0.25) is 0 Å². The van der Waals surface area contributed by atoms with E-state index in [9.17, 15) is 4.39 Å². The van der Waals surface area contributed by atoms with E-state index in [2.05, 4.69) is 33.0 Å². The van der Waals surface area contributed by atoms with Crippen LogP contribution in [0.5, 0.6) is 0 Å². The third kappa shape index (κ3) is 4.47. The molecule has 2 atom stereocenters. The van der Waals surface area contributed by atoms with E-state index in [1.54, 1.807) is 12.1 Å². The molecule has 0 heterocycles. The van der Waals surface area contributed by atoms with Gasteiger partial charge >= 0.3 is 0 Å². The normalized spacial score (nSPS) is 14.9. The monoisotopic (exact) mass is 237 g/mol. The summed E-state index contributed by atoms with van der Waals surface area (Å²) >= 11 is 0. The van der Waals surface area contributed by atoms with E-state index in [4.69, 9.17) is 0 Å². The molecule has 0 amide bonds. The molecule has 0 bridgehead atoms. The van der Waals surface area contributed by atoms with Crippen molar-refractivity contribution in [3.63, 3.8) is 0 Å². The highest BCUT2D eigenvalue weighted by molar-refractivity contribution is 5.21. The molecular weight excluding hydrogens is 213 g/mol. The van der Waals surface area contributed by atoms with Gasteiger partial charge in [0.1, 0.15) is 5.82 Å². The first-order chi connectivity index (χ1) is 8.02. The summed E-state index contributed by atoms with van der Waals surface area (Å²) in [5.41, 5.74) is 0.825. The minimum Gasteiger partial charge on any atom is -0.316 e. The van der Waals surface area contributed by atoms with Crippen molar-refractivity contribution in [3.05, 3.63) is 35.6 Å². The Kier molecular flexibility index (Phi) is 5.63. The molecule has 17 heavy (non-hydrogen) atoms.